The molecule has 31 heavy (non-hydrogen) atoms. The standard InChI is InChI=1S/C24H24N2O5/c1-24(18-8-9-20-21(13-18)31-11-10-30-20)22(28)26(23(29)25-24)14-19(27)17-7-6-15-4-2-3-5-16(15)12-17/h6-9,12-13H,2-5,10-11,14H2,1H3,(H,25,29)/t24-/m1/s1. The van der Waals surface area contributed by atoms with Gasteiger partial charge in [0.1, 0.15) is 18.8 Å². The maximum absolute atomic E-state index is 13.2. The van der Waals surface area contributed by atoms with Gasteiger partial charge in [-0.1, -0.05) is 18.2 Å². The Balaban J connectivity index is 1.37. The Morgan fingerprint density at radius 3 is 2.55 bits per heavy atom. The van der Waals surface area contributed by atoms with E-state index in [1.165, 1.54) is 17.5 Å². The molecule has 2 aromatic rings. The van der Waals surface area contributed by atoms with Crippen LogP contribution in [0.5, 0.6) is 11.5 Å². The normalized spacial score (nSPS) is 22.2. The zero-order chi connectivity index (χ0) is 21.6. The minimum atomic E-state index is -1.27. The molecule has 7 nitrogen and oxygen atoms in total. The summed E-state index contributed by atoms with van der Waals surface area (Å²) in [5.74, 6) is 0.439. The van der Waals surface area contributed by atoms with Crippen molar-refractivity contribution < 1.29 is 23.9 Å². The van der Waals surface area contributed by atoms with Crippen LogP contribution in [0, 0.1) is 0 Å². The van der Waals surface area contributed by atoms with E-state index >= 15 is 0 Å². The molecule has 0 aromatic heterocycles. The van der Waals surface area contributed by atoms with Crippen molar-refractivity contribution in [3.63, 3.8) is 0 Å². The Morgan fingerprint density at radius 2 is 1.74 bits per heavy atom. The number of carbonyl (C=O) groups excluding carboxylic acids is 3. The molecule has 2 aliphatic heterocycles. The summed E-state index contributed by atoms with van der Waals surface area (Å²) in [6, 6.07) is 10.3. The number of amides is 3. The second kappa shape index (κ2) is 7.41. The van der Waals surface area contributed by atoms with E-state index in [4.69, 9.17) is 9.47 Å². The lowest BCUT2D eigenvalue weighted by molar-refractivity contribution is -0.130. The van der Waals surface area contributed by atoms with E-state index in [-0.39, 0.29) is 12.3 Å². The largest absolute Gasteiger partial charge is 0.486 e. The third-order valence-corrected chi connectivity index (χ3v) is 6.37. The van der Waals surface area contributed by atoms with Gasteiger partial charge in [0.2, 0.25) is 0 Å². The summed E-state index contributed by atoms with van der Waals surface area (Å²) in [6.45, 7) is 2.25. The number of hydrogen-bond donors (Lipinski definition) is 1. The highest BCUT2D eigenvalue weighted by atomic mass is 16.6. The molecule has 0 bridgehead atoms. The fraction of sp³-hybridized carbons (Fsp3) is 0.375. The maximum atomic E-state index is 13.2. The van der Waals surface area contributed by atoms with Gasteiger partial charge >= 0.3 is 6.03 Å². The first kappa shape index (κ1) is 19.6. The smallest absolute Gasteiger partial charge is 0.325 e. The first-order chi connectivity index (χ1) is 15.0. The lowest BCUT2D eigenvalue weighted by Crippen LogP contribution is -2.41. The van der Waals surface area contributed by atoms with Gasteiger partial charge in [-0.15, -0.1) is 0 Å². The third-order valence-electron chi connectivity index (χ3n) is 6.37. The van der Waals surface area contributed by atoms with Crippen LogP contribution < -0.4 is 14.8 Å². The molecule has 2 heterocycles. The number of nitrogens with one attached hydrogen (secondary N) is 1. The fourth-order valence-electron chi connectivity index (χ4n) is 4.53. The summed E-state index contributed by atoms with van der Waals surface area (Å²) in [5, 5.41) is 2.75. The first-order valence-corrected chi connectivity index (χ1v) is 10.6. The SMILES string of the molecule is C[C@]1(c2ccc3c(c2)OCCO3)NC(=O)N(CC(=O)c2ccc3c(c2)CCCC3)C1=O. The predicted molar refractivity (Wildman–Crippen MR) is 112 cm³/mol. The zero-order valence-corrected chi connectivity index (χ0v) is 17.4. The average molecular weight is 420 g/mol. The number of carbonyl (C=O) groups is 3. The number of fused-ring (bicyclic) bond motifs is 2. The Hall–Kier alpha value is -3.35. The summed E-state index contributed by atoms with van der Waals surface area (Å²) < 4.78 is 11.1. The quantitative estimate of drug-likeness (QED) is 0.607. The minimum Gasteiger partial charge on any atom is -0.486 e. The number of ketones is 1. The monoisotopic (exact) mass is 420 g/mol. The minimum absolute atomic E-state index is 0.247. The van der Waals surface area contributed by atoms with Crippen molar-refractivity contribution in [2.24, 2.45) is 0 Å². The summed E-state index contributed by atoms with van der Waals surface area (Å²) in [4.78, 5) is 39.8. The van der Waals surface area contributed by atoms with Gasteiger partial charge in [0.05, 0.1) is 6.54 Å². The molecule has 2 aromatic carbocycles. The van der Waals surface area contributed by atoms with Crippen LogP contribution in [0.1, 0.15) is 46.8 Å². The molecule has 0 spiro atoms. The molecular formula is C24H24N2O5. The van der Waals surface area contributed by atoms with Gasteiger partial charge in [0.15, 0.2) is 17.3 Å². The number of imide groups is 1. The van der Waals surface area contributed by atoms with E-state index in [9.17, 15) is 14.4 Å². The molecule has 0 radical (unpaired) electrons. The summed E-state index contributed by atoms with van der Waals surface area (Å²) in [5.41, 5.74) is 2.32. The number of hydrogen-bond acceptors (Lipinski definition) is 5. The fourth-order valence-corrected chi connectivity index (χ4v) is 4.53. The number of aryl methyl sites for hydroxylation is 2. The van der Waals surface area contributed by atoms with Gasteiger partial charge in [0.25, 0.3) is 5.91 Å². The van der Waals surface area contributed by atoms with Crippen LogP contribution in [0.25, 0.3) is 0 Å². The molecule has 160 valence electrons. The van der Waals surface area contributed by atoms with Crippen LogP contribution in [0.3, 0.4) is 0 Å². The van der Waals surface area contributed by atoms with E-state index in [0.29, 0.717) is 35.8 Å². The predicted octanol–water partition coefficient (Wildman–Crippen LogP) is 2.99. The van der Waals surface area contributed by atoms with Gasteiger partial charge < -0.3 is 14.8 Å². The third kappa shape index (κ3) is 3.34. The molecule has 1 atom stereocenters. The van der Waals surface area contributed by atoms with Crippen LogP contribution >= 0.6 is 0 Å². The van der Waals surface area contributed by atoms with Crippen LogP contribution in [-0.2, 0) is 23.2 Å². The second-order valence-electron chi connectivity index (χ2n) is 8.42. The Kier molecular flexibility index (Phi) is 4.68. The molecule has 7 heteroatoms. The van der Waals surface area contributed by atoms with Crippen LogP contribution in [0.15, 0.2) is 36.4 Å². The molecule has 0 saturated carbocycles. The number of ether oxygens (including phenoxy) is 2. The van der Waals surface area contributed by atoms with Crippen molar-refractivity contribution >= 4 is 17.7 Å². The molecule has 1 saturated heterocycles. The van der Waals surface area contributed by atoms with Crippen LogP contribution in [0.2, 0.25) is 0 Å². The van der Waals surface area contributed by atoms with Crippen molar-refractivity contribution in [3.05, 3.63) is 58.7 Å². The van der Waals surface area contributed by atoms with E-state index in [2.05, 4.69) is 5.32 Å². The van der Waals surface area contributed by atoms with Gasteiger partial charge in [-0.2, -0.15) is 0 Å². The summed E-state index contributed by atoms with van der Waals surface area (Å²) in [7, 11) is 0. The molecule has 3 amide bonds. The maximum Gasteiger partial charge on any atom is 0.325 e. The highest BCUT2D eigenvalue weighted by Crippen LogP contribution is 2.37. The van der Waals surface area contributed by atoms with E-state index < -0.39 is 17.5 Å². The topological polar surface area (TPSA) is 84.9 Å². The number of nitrogens with zero attached hydrogens (tertiary/aromatic N) is 1. The van der Waals surface area contributed by atoms with Gasteiger partial charge in [0, 0.05) is 5.56 Å². The van der Waals surface area contributed by atoms with E-state index in [0.717, 1.165) is 24.2 Å². The van der Waals surface area contributed by atoms with Crippen molar-refractivity contribution in [2.45, 2.75) is 38.1 Å². The molecule has 0 unspecified atom stereocenters. The second-order valence-corrected chi connectivity index (χ2v) is 8.42. The van der Waals surface area contributed by atoms with Gasteiger partial charge in [-0.05, 0) is 67.5 Å². The first-order valence-electron chi connectivity index (χ1n) is 10.6. The van der Waals surface area contributed by atoms with Gasteiger partial charge in [-0.3, -0.25) is 14.5 Å². The molecule has 1 N–H and O–H groups in total. The molecule has 1 fully saturated rings. The highest BCUT2D eigenvalue weighted by molar-refractivity contribution is 6.11. The van der Waals surface area contributed by atoms with E-state index in [1.807, 2.05) is 12.1 Å². The van der Waals surface area contributed by atoms with Crippen LogP contribution in [-0.4, -0.2) is 42.4 Å². The average Bonchev–Trinajstić information content (AvgIpc) is 3.02. The van der Waals surface area contributed by atoms with Crippen LogP contribution in [0.4, 0.5) is 4.79 Å². The Bertz CT molecular complexity index is 1100. The Labute approximate surface area is 180 Å². The summed E-state index contributed by atoms with van der Waals surface area (Å²) in [6.07, 6.45) is 4.28. The van der Waals surface area contributed by atoms with E-state index in [1.54, 1.807) is 31.2 Å². The lowest BCUT2D eigenvalue weighted by Gasteiger charge is -2.25. The zero-order valence-electron chi connectivity index (χ0n) is 17.4. The summed E-state index contributed by atoms with van der Waals surface area (Å²) >= 11 is 0. The highest BCUT2D eigenvalue weighted by Gasteiger charge is 2.49. The van der Waals surface area contributed by atoms with Gasteiger partial charge in [-0.25, -0.2) is 4.79 Å². The molecular weight excluding hydrogens is 396 g/mol. The van der Waals surface area contributed by atoms with Crippen molar-refractivity contribution in [1.29, 1.82) is 0 Å². The number of rotatable bonds is 4. The molecule has 3 aliphatic rings. The molecule has 5 rings (SSSR count). The number of benzene rings is 2. The lowest BCUT2D eigenvalue weighted by atomic mass is 9.89. The van der Waals surface area contributed by atoms with Crippen molar-refractivity contribution in [3.8, 4) is 11.5 Å². The number of Topliss-reactive ketones (excluding diaryl/α,β-unsaturated/α-hetero) is 1. The number of urea groups is 1. The molecule has 1 aliphatic carbocycles. The Morgan fingerprint density at radius 1 is 1.00 bits per heavy atom. The van der Waals surface area contributed by atoms with Crippen molar-refractivity contribution in [2.75, 3.05) is 19.8 Å². The van der Waals surface area contributed by atoms with Crippen molar-refractivity contribution in [1.82, 2.24) is 10.2 Å².